The van der Waals surface area contributed by atoms with Gasteiger partial charge in [-0.1, -0.05) is 24.3 Å². The maximum absolute atomic E-state index is 10.9. The predicted octanol–water partition coefficient (Wildman–Crippen LogP) is 1.76. The van der Waals surface area contributed by atoms with E-state index in [2.05, 4.69) is 17.2 Å². The van der Waals surface area contributed by atoms with Crippen molar-refractivity contribution < 1.29 is 9.53 Å². The molecule has 0 aliphatic rings. The number of benzene rings is 1. The van der Waals surface area contributed by atoms with Gasteiger partial charge >= 0.3 is 0 Å². The third-order valence-corrected chi connectivity index (χ3v) is 2.88. The second kappa shape index (κ2) is 6.48. The van der Waals surface area contributed by atoms with E-state index in [1.807, 2.05) is 30.3 Å². The molecule has 0 saturated heterocycles. The van der Waals surface area contributed by atoms with E-state index in [9.17, 15) is 4.79 Å². The van der Waals surface area contributed by atoms with Crippen molar-refractivity contribution in [3.8, 4) is 11.8 Å². The fourth-order valence-corrected chi connectivity index (χ4v) is 1.79. The predicted molar refractivity (Wildman–Crippen MR) is 71.2 cm³/mol. The van der Waals surface area contributed by atoms with Crippen molar-refractivity contribution in [3.63, 3.8) is 0 Å². The molecule has 0 aliphatic carbocycles. The Morgan fingerprint density at radius 3 is 3.05 bits per heavy atom. The number of nitriles is 1. The van der Waals surface area contributed by atoms with Crippen LogP contribution >= 0.6 is 0 Å². The number of aldehydes is 1. The summed E-state index contributed by atoms with van der Waals surface area (Å²) in [4.78, 5) is 10.9. The molecule has 20 heavy (non-hydrogen) atoms. The molecule has 0 N–H and O–H groups in total. The largest absolute Gasteiger partial charge is 0.487 e. The summed E-state index contributed by atoms with van der Waals surface area (Å²) >= 11 is 0. The highest BCUT2D eigenvalue weighted by atomic mass is 16.5. The molecule has 0 fully saturated rings. The third kappa shape index (κ3) is 3.01. The number of carbonyl (C=O) groups is 1. The highest BCUT2D eigenvalue weighted by Crippen LogP contribution is 2.16. The summed E-state index contributed by atoms with van der Waals surface area (Å²) < 4.78 is 7.02. The summed E-state index contributed by atoms with van der Waals surface area (Å²) in [5.41, 5.74) is 1.87. The minimum atomic E-state index is 0.0362. The van der Waals surface area contributed by atoms with Gasteiger partial charge in [-0.05, 0) is 24.1 Å². The Kier molecular flexibility index (Phi) is 4.45. The van der Waals surface area contributed by atoms with Crippen LogP contribution in [0.5, 0.6) is 5.75 Å². The van der Waals surface area contributed by atoms with Gasteiger partial charge in [-0.15, -0.1) is 5.10 Å². The van der Waals surface area contributed by atoms with E-state index in [4.69, 9.17) is 10.00 Å². The molecule has 1 heterocycles. The Labute approximate surface area is 116 Å². The van der Waals surface area contributed by atoms with E-state index in [0.29, 0.717) is 17.7 Å². The van der Waals surface area contributed by atoms with Gasteiger partial charge in [0.05, 0.1) is 6.07 Å². The first-order valence-corrected chi connectivity index (χ1v) is 6.24. The number of aromatic nitrogens is 3. The van der Waals surface area contributed by atoms with Crippen molar-refractivity contribution in [1.29, 1.82) is 5.26 Å². The van der Waals surface area contributed by atoms with E-state index < -0.39 is 0 Å². The molecule has 0 amide bonds. The van der Waals surface area contributed by atoms with Crippen LogP contribution in [0.3, 0.4) is 0 Å². The lowest BCUT2D eigenvalue weighted by atomic mass is 10.2. The zero-order chi connectivity index (χ0) is 14.4. The van der Waals surface area contributed by atoms with Crippen molar-refractivity contribution in [1.82, 2.24) is 15.0 Å². The van der Waals surface area contributed by atoms with Gasteiger partial charge in [0.1, 0.15) is 24.6 Å². The molecule has 2 aromatic rings. The molecular formula is C14H14N4O2. The van der Waals surface area contributed by atoms with Crippen LogP contribution in [0.2, 0.25) is 0 Å². The minimum Gasteiger partial charge on any atom is -0.487 e. The average molecular weight is 270 g/mol. The fraction of sp³-hybridized carbons (Fsp3) is 0.286. The van der Waals surface area contributed by atoms with Crippen molar-refractivity contribution in [2.45, 2.75) is 26.5 Å². The number of rotatable bonds is 6. The summed E-state index contributed by atoms with van der Waals surface area (Å²) in [6, 6.07) is 9.69. The Morgan fingerprint density at radius 1 is 1.50 bits per heavy atom. The molecule has 102 valence electrons. The number of carbonyl (C=O) groups excluding carboxylic acids is 1. The van der Waals surface area contributed by atoms with Crippen LogP contribution in [0, 0.1) is 11.3 Å². The maximum Gasteiger partial charge on any atom is 0.172 e. The second-order valence-electron chi connectivity index (χ2n) is 4.14. The SMILES string of the molecule is CCc1cccc(OCc2c(C=O)nnn2CC#N)c1. The van der Waals surface area contributed by atoms with E-state index >= 15 is 0 Å². The average Bonchev–Trinajstić information content (AvgIpc) is 2.88. The van der Waals surface area contributed by atoms with Gasteiger partial charge in [0.2, 0.25) is 0 Å². The van der Waals surface area contributed by atoms with E-state index in [1.54, 1.807) is 0 Å². The molecule has 0 spiro atoms. The van der Waals surface area contributed by atoms with Gasteiger partial charge < -0.3 is 4.74 Å². The van der Waals surface area contributed by atoms with Crippen molar-refractivity contribution in [2.75, 3.05) is 0 Å². The molecule has 0 unspecified atom stereocenters. The Hall–Kier alpha value is -2.68. The molecule has 0 aliphatic heterocycles. The molecule has 6 nitrogen and oxygen atoms in total. The van der Waals surface area contributed by atoms with Crippen molar-refractivity contribution >= 4 is 6.29 Å². The number of hydrogen-bond donors (Lipinski definition) is 0. The highest BCUT2D eigenvalue weighted by molar-refractivity contribution is 5.73. The normalized spacial score (nSPS) is 10.0. The molecule has 0 atom stereocenters. The fourth-order valence-electron chi connectivity index (χ4n) is 1.79. The monoisotopic (exact) mass is 270 g/mol. The van der Waals surface area contributed by atoms with Crippen LogP contribution < -0.4 is 4.74 Å². The quantitative estimate of drug-likeness (QED) is 0.747. The van der Waals surface area contributed by atoms with Gasteiger partial charge in [0, 0.05) is 0 Å². The lowest BCUT2D eigenvalue weighted by molar-refractivity contribution is 0.111. The molecule has 0 saturated carbocycles. The van der Waals surface area contributed by atoms with Gasteiger partial charge in [-0.2, -0.15) is 5.26 Å². The molecular weight excluding hydrogens is 256 g/mol. The summed E-state index contributed by atoms with van der Waals surface area (Å²) in [5.74, 6) is 0.714. The van der Waals surface area contributed by atoms with Crippen LogP contribution in [0.1, 0.15) is 28.7 Å². The molecule has 0 radical (unpaired) electrons. The standard InChI is InChI=1S/C14H14N4O2/c1-2-11-4-3-5-12(8-11)20-10-14-13(9-19)16-17-18(14)7-6-15/h3-5,8-9H,2,7,10H2,1H3. The summed E-state index contributed by atoms with van der Waals surface area (Å²) in [6.45, 7) is 2.25. The first-order chi connectivity index (χ1) is 9.78. The summed E-state index contributed by atoms with van der Waals surface area (Å²) in [5, 5.41) is 16.2. The number of ether oxygens (including phenoxy) is 1. The lowest BCUT2D eigenvalue weighted by Gasteiger charge is -2.08. The van der Waals surface area contributed by atoms with Crippen LogP contribution in [0.15, 0.2) is 24.3 Å². The Bertz CT molecular complexity index is 643. The van der Waals surface area contributed by atoms with Crippen LogP contribution in [0.4, 0.5) is 0 Å². The topological polar surface area (TPSA) is 80.8 Å². The molecule has 2 rings (SSSR count). The Morgan fingerprint density at radius 2 is 2.35 bits per heavy atom. The number of nitrogens with zero attached hydrogens (tertiary/aromatic N) is 4. The Balaban J connectivity index is 2.15. The van der Waals surface area contributed by atoms with Gasteiger partial charge in [0.25, 0.3) is 0 Å². The molecule has 1 aromatic carbocycles. The second-order valence-corrected chi connectivity index (χ2v) is 4.14. The first-order valence-electron chi connectivity index (χ1n) is 6.24. The van der Waals surface area contributed by atoms with Gasteiger partial charge in [0.15, 0.2) is 12.0 Å². The van der Waals surface area contributed by atoms with E-state index in [1.165, 1.54) is 10.2 Å². The summed E-state index contributed by atoms with van der Waals surface area (Å²) in [7, 11) is 0. The van der Waals surface area contributed by atoms with Crippen LogP contribution in [-0.2, 0) is 19.6 Å². The third-order valence-electron chi connectivity index (χ3n) is 2.88. The van der Waals surface area contributed by atoms with Crippen molar-refractivity contribution in [3.05, 3.63) is 41.2 Å². The van der Waals surface area contributed by atoms with E-state index in [0.717, 1.165) is 6.42 Å². The lowest BCUT2D eigenvalue weighted by Crippen LogP contribution is -2.08. The molecule has 1 aromatic heterocycles. The van der Waals surface area contributed by atoms with E-state index in [-0.39, 0.29) is 18.8 Å². The molecule has 0 bridgehead atoms. The zero-order valence-corrected chi connectivity index (χ0v) is 11.1. The smallest absolute Gasteiger partial charge is 0.172 e. The molecule has 6 heteroatoms. The van der Waals surface area contributed by atoms with Crippen molar-refractivity contribution in [2.24, 2.45) is 0 Å². The number of aryl methyl sites for hydroxylation is 1. The highest BCUT2D eigenvalue weighted by Gasteiger charge is 2.12. The summed E-state index contributed by atoms with van der Waals surface area (Å²) in [6.07, 6.45) is 1.53. The minimum absolute atomic E-state index is 0.0362. The van der Waals surface area contributed by atoms with Gasteiger partial charge in [-0.3, -0.25) is 4.79 Å². The van der Waals surface area contributed by atoms with Crippen LogP contribution in [0.25, 0.3) is 0 Å². The van der Waals surface area contributed by atoms with Crippen LogP contribution in [-0.4, -0.2) is 21.3 Å². The zero-order valence-electron chi connectivity index (χ0n) is 11.1. The van der Waals surface area contributed by atoms with Gasteiger partial charge in [-0.25, -0.2) is 4.68 Å². The first kappa shape index (κ1) is 13.7. The number of hydrogen-bond acceptors (Lipinski definition) is 5. The maximum atomic E-state index is 10.9.